The van der Waals surface area contributed by atoms with Gasteiger partial charge in [0.1, 0.15) is 5.60 Å². The number of urea groups is 1. The van der Waals surface area contributed by atoms with Crippen LogP contribution in [0.1, 0.15) is 116 Å². The van der Waals surface area contributed by atoms with Crippen LogP contribution >= 0.6 is 11.3 Å². The molecule has 6 N–H and O–H groups in total. The first-order valence-electron chi connectivity index (χ1n) is 21.4. The molecule has 2 aliphatic rings. The van der Waals surface area contributed by atoms with Gasteiger partial charge in [-0.1, -0.05) is 52.0 Å². The molecule has 2 aromatic rings. The van der Waals surface area contributed by atoms with Crippen molar-refractivity contribution < 1.29 is 38.7 Å². The molecule has 59 heavy (non-hydrogen) atoms. The molecule has 1 aliphatic carbocycles. The topological polar surface area (TPSA) is 207 Å². The number of likely N-dealkylation sites (tertiary alicyclic amines) is 1. The van der Waals surface area contributed by atoms with Crippen LogP contribution in [0.5, 0.6) is 0 Å². The predicted molar refractivity (Wildman–Crippen MR) is 225 cm³/mol. The van der Waals surface area contributed by atoms with Crippen molar-refractivity contribution in [2.75, 3.05) is 26.2 Å². The number of rotatable bonds is 18. The van der Waals surface area contributed by atoms with E-state index in [-0.39, 0.29) is 55.8 Å². The van der Waals surface area contributed by atoms with Gasteiger partial charge in [-0.15, -0.1) is 11.3 Å². The standard InChI is InChI=1S/C42H68N8O8S/c1-7-44-39(54)45-25-30(28(2)3)23-36(51)34(22-29-12-9-8-10-13-29)48-38(53)35(24-32-26-43-27-46-32)50(37(52)16-15-33-14-11-21-59-33)58-41(56)49-19-17-31(18-20-49)47-40(55)57-42(4,5)6/h11,14,21,26-31,34-36,51H,7-10,12-13,15-20,22-25H2,1-6H3,(H,43,46)(H,47,55)(H,48,53)(H2,44,45,54)/t30-,34+,35?,36+/m1/s1. The summed E-state index contributed by atoms with van der Waals surface area (Å²) in [4.78, 5) is 83.2. The molecule has 2 aromatic heterocycles. The Bertz CT molecular complexity index is 1590. The highest BCUT2D eigenvalue weighted by molar-refractivity contribution is 7.09. The van der Waals surface area contributed by atoms with Crippen LogP contribution in [0.3, 0.4) is 0 Å². The first-order chi connectivity index (χ1) is 28.1. The number of H-pyrrole nitrogens is 1. The maximum absolute atomic E-state index is 14.7. The molecular weight excluding hydrogens is 777 g/mol. The van der Waals surface area contributed by atoms with Gasteiger partial charge in [0, 0.05) is 56.1 Å². The summed E-state index contributed by atoms with van der Waals surface area (Å²) in [7, 11) is 0. The van der Waals surface area contributed by atoms with Crippen molar-refractivity contribution in [2.24, 2.45) is 17.8 Å². The third kappa shape index (κ3) is 16.3. The zero-order valence-electron chi connectivity index (χ0n) is 35.8. The van der Waals surface area contributed by atoms with E-state index in [1.165, 1.54) is 22.6 Å². The van der Waals surface area contributed by atoms with Crippen molar-refractivity contribution in [3.8, 4) is 0 Å². The van der Waals surface area contributed by atoms with E-state index in [0.717, 1.165) is 42.0 Å². The number of aliphatic hydroxyl groups excluding tert-OH is 1. The van der Waals surface area contributed by atoms with Crippen molar-refractivity contribution in [1.82, 2.24) is 41.2 Å². The molecule has 17 heteroatoms. The number of hydrogen-bond acceptors (Lipinski definition) is 10. The fourth-order valence-electron chi connectivity index (χ4n) is 7.67. The van der Waals surface area contributed by atoms with Crippen LogP contribution in [0.15, 0.2) is 30.0 Å². The quantitative estimate of drug-likeness (QED) is 0.102. The second-order valence-electron chi connectivity index (χ2n) is 17.2. The van der Waals surface area contributed by atoms with E-state index >= 15 is 0 Å². The average molecular weight is 845 g/mol. The number of carbonyl (C=O) groups is 5. The molecule has 6 amide bonds. The molecule has 0 radical (unpaired) electrons. The number of amides is 6. The predicted octanol–water partition coefficient (Wildman–Crippen LogP) is 5.68. The number of imidazole rings is 1. The van der Waals surface area contributed by atoms with E-state index in [9.17, 15) is 29.1 Å². The van der Waals surface area contributed by atoms with Gasteiger partial charge in [0.15, 0.2) is 6.04 Å². The van der Waals surface area contributed by atoms with Gasteiger partial charge in [-0.05, 0) is 89.0 Å². The minimum absolute atomic E-state index is 0.0250. The Kier molecular flexibility index (Phi) is 18.8. The number of aliphatic hydroxyl groups is 1. The summed E-state index contributed by atoms with van der Waals surface area (Å²) >= 11 is 1.51. The molecule has 1 aliphatic heterocycles. The molecule has 330 valence electrons. The smallest absolute Gasteiger partial charge is 0.434 e. The van der Waals surface area contributed by atoms with Gasteiger partial charge in [0.25, 0.3) is 5.91 Å². The van der Waals surface area contributed by atoms with Crippen molar-refractivity contribution in [1.29, 1.82) is 0 Å². The van der Waals surface area contributed by atoms with Gasteiger partial charge >= 0.3 is 18.2 Å². The Morgan fingerprint density at radius 1 is 1.07 bits per heavy atom. The Balaban J connectivity index is 1.57. The summed E-state index contributed by atoms with van der Waals surface area (Å²) in [5.74, 6) is -0.804. The first kappa shape index (κ1) is 47.3. The van der Waals surface area contributed by atoms with Crippen LogP contribution in [-0.4, -0.2) is 111 Å². The maximum atomic E-state index is 14.7. The highest BCUT2D eigenvalue weighted by atomic mass is 32.1. The Morgan fingerprint density at radius 2 is 1.80 bits per heavy atom. The molecular formula is C42H68N8O8S. The lowest BCUT2D eigenvalue weighted by Crippen LogP contribution is -2.57. The number of aromatic nitrogens is 2. The lowest BCUT2D eigenvalue weighted by Gasteiger charge is -2.36. The second-order valence-corrected chi connectivity index (χ2v) is 18.3. The molecule has 2 fully saturated rings. The Hall–Kier alpha value is -4.38. The van der Waals surface area contributed by atoms with Gasteiger partial charge in [-0.25, -0.2) is 19.4 Å². The van der Waals surface area contributed by atoms with Gasteiger partial charge in [-0.2, -0.15) is 5.06 Å². The van der Waals surface area contributed by atoms with E-state index in [4.69, 9.17) is 9.57 Å². The number of nitrogens with one attached hydrogen (secondary N) is 5. The summed E-state index contributed by atoms with van der Waals surface area (Å²) in [5.41, 5.74) is -0.172. The van der Waals surface area contributed by atoms with Crippen LogP contribution in [-0.2, 0) is 32.0 Å². The highest BCUT2D eigenvalue weighted by Crippen LogP contribution is 2.30. The van der Waals surface area contributed by atoms with Gasteiger partial charge in [0.2, 0.25) is 5.91 Å². The van der Waals surface area contributed by atoms with Crippen molar-refractivity contribution in [2.45, 2.75) is 148 Å². The lowest BCUT2D eigenvalue weighted by atomic mass is 9.81. The third-order valence-electron chi connectivity index (χ3n) is 11.1. The zero-order valence-corrected chi connectivity index (χ0v) is 36.6. The number of aromatic amines is 1. The number of alkyl carbamates (subject to hydrolysis) is 1. The zero-order chi connectivity index (χ0) is 43.0. The Morgan fingerprint density at radius 3 is 2.41 bits per heavy atom. The minimum Gasteiger partial charge on any atom is -0.444 e. The highest BCUT2D eigenvalue weighted by Gasteiger charge is 2.39. The van der Waals surface area contributed by atoms with E-state index in [1.807, 2.05) is 38.3 Å². The van der Waals surface area contributed by atoms with Gasteiger partial charge < -0.3 is 45.8 Å². The molecule has 16 nitrogen and oxygen atoms in total. The number of hydrogen-bond donors (Lipinski definition) is 6. The molecule has 0 spiro atoms. The summed E-state index contributed by atoms with van der Waals surface area (Å²) in [6.45, 7) is 12.6. The van der Waals surface area contributed by atoms with Crippen LogP contribution < -0.4 is 21.3 Å². The van der Waals surface area contributed by atoms with E-state index < -0.39 is 47.8 Å². The number of carbonyl (C=O) groups excluding carboxylic acids is 5. The van der Waals surface area contributed by atoms with E-state index in [2.05, 4.69) is 31.2 Å². The second kappa shape index (κ2) is 23.4. The number of aryl methyl sites for hydroxylation is 1. The molecule has 1 unspecified atom stereocenters. The molecule has 0 aromatic carbocycles. The fraction of sp³-hybridized carbons (Fsp3) is 0.714. The lowest BCUT2D eigenvalue weighted by molar-refractivity contribution is -0.183. The average Bonchev–Trinajstić information content (AvgIpc) is 3.91. The van der Waals surface area contributed by atoms with Crippen molar-refractivity contribution in [3.05, 3.63) is 40.6 Å². The third-order valence-corrected chi connectivity index (χ3v) is 12.0. The number of thiophene rings is 1. The summed E-state index contributed by atoms with van der Waals surface area (Å²) < 4.78 is 5.40. The van der Waals surface area contributed by atoms with Gasteiger partial charge in [0.05, 0.1) is 24.2 Å². The fourth-order valence-corrected chi connectivity index (χ4v) is 8.38. The number of piperidine rings is 1. The van der Waals surface area contributed by atoms with Crippen LogP contribution in [0, 0.1) is 17.8 Å². The summed E-state index contributed by atoms with van der Waals surface area (Å²) in [5, 5.41) is 26.4. The minimum atomic E-state index is -1.31. The van der Waals surface area contributed by atoms with Crippen molar-refractivity contribution >= 4 is 41.4 Å². The molecule has 1 saturated carbocycles. The van der Waals surface area contributed by atoms with Crippen molar-refractivity contribution in [3.63, 3.8) is 0 Å². The maximum Gasteiger partial charge on any atom is 0.434 e. The normalized spacial score (nSPS) is 17.3. The molecule has 0 bridgehead atoms. The summed E-state index contributed by atoms with van der Waals surface area (Å²) in [6, 6.07) is 1.34. The molecule has 4 rings (SSSR count). The Labute approximate surface area is 353 Å². The number of nitrogens with zero attached hydrogens (tertiary/aromatic N) is 3. The van der Waals surface area contributed by atoms with Gasteiger partial charge in [-0.3, -0.25) is 9.59 Å². The van der Waals surface area contributed by atoms with E-state index in [1.54, 1.807) is 27.0 Å². The molecule has 3 heterocycles. The van der Waals surface area contributed by atoms with E-state index in [0.29, 0.717) is 50.9 Å². The largest absolute Gasteiger partial charge is 0.444 e. The number of ether oxygens (including phenoxy) is 1. The molecule has 1 saturated heterocycles. The SMILES string of the molecule is CCNC(=O)NC[C@@H](C[C@H](O)[C@H](CC1CCCCC1)NC(=O)C(Cc1c[nH]cn1)N(OC(=O)N1CCC(NC(=O)OC(C)(C)C)CC1)C(=O)CCc1cccs1)C(C)C. The van der Waals surface area contributed by atoms with Crippen LogP contribution in [0.4, 0.5) is 14.4 Å². The molecule has 4 atom stereocenters. The monoisotopic (exact) mass is 844 g/mol. The first-order valence-corrected chi connectivity index (χ1v) is 22.3. The summed E-state index contributed by atoms with van der Waals surface area (Å²) in [6.07, 6.45) is 8.12. The van der Waals surface area contributed by atoms with Crippen LogP contribution in [0.25, 0.3) is 0 Å². The van der Waals surface area contributed by atoms with Crippen LogP contribution in [0.2, 0.25) is 0 Å². The number of hydroxylamine groups is 2.